The Labute approximate surface area is 413 Å². The van der Waals surface area contributed by atoms with E-state index >= 15 is 0 Å². The number of nitrogens with zero attached hydrogens (tertiary/aromatic N) is 8. The summed E-state index contributed by atoms with van der Waals surface area (Å²) in [7, 11) is 0. The van der Waals surface area contributed by atoms with E-state index in [1.807, 2.05) is 70.2 Å². The maximum Gasteiger partial charge on any atom is 0.320 e. The number of anilines is 2. The average Bonchev–Trinajstić information content (AvgIpc) is 3.91. The van der Waals surface area contributed by atoms with Gasteiger partial charge in [-0.1, -0.05) is 18.2 Å². The molecule has 7 amide bonds. The number of aromatic nitrogens is 2. The number of imide groups is 2. The van der Waals surface area contributed by atoms with Gasteiger partial charge in [-0.05, 0) is 131 Å². The van der Waals surface area contributed by atoms with Crippen molar-refractivity contribution in [2.45, 2.75) is 75.9 Å². The number of ether oxygens (including phenoxy) is 1. The number of urea groups is 1. The molecule has 18 nitrogen and oxygen atoms in total. The minimum absolute atomic E-state index is 0.0871. The third kappa shape index (κ3) is 9.34. The topological polar surface area (TPSA) is 199 Å². The van der Waals surface area contributed by atoms with Crippen molar-refractivity contribution in [2.75, 3.05) is 88.8 Å². The summed E-state index contributed by atoms with van der Waals surface area (Å²) < 4.78 is 8.04. The van der Waals surface area contributed by atoms with E-state index in [2.05, 4.69) is 30.2 Å². The molecule has 11 rings (SSSR count). The number of nitrogens with two attached hydrogens (primary N) is 1. The lowest BCUT2D eigenvalue weighted by atomic mass is 9.86. The highest BCUT2D eigenvalue weighted by atomic mass is 16.5. The Kier molecular flexibility index (Phi) is 13.0. The van der Waals surface area contributed by atoms with Crippen molar-refractivity contribution in [1.29, 1.82) is 0 Å². The number of hydrogen-bond donors (Lipinski definition) is 3. The van der Waals surface area contributed by atoms with Gasteiger partial charge in [-0.3, -0.25) is 39.1 Å². The second-order valence-corrected chi connectivity index (χ2v) is 20.4. The van der Waals surface area contributed by atoms with Crippen LogP contribution in [0.4, 0.5) is 16.3 Å². The number of fused-ring (bicyclic) bond motifs is 2. The SMILES string of the molecule is NC(=O)c1c(-c2ccc(Oc3ccccc3)cc2)nn2c1NCC[C@H]2C1CCN(CC2CCN(C(=O)N3CCN(C4CCN(c5ccc6c(c5)C(=O)N(C5CCC(=O)NC5=O)C6=O)CC4)CC3)CC2)CC1. The number of hydrogen-bond acceptors (Lipinski definition) is 12. The normalized spacial score (nSPS) is 23.1. The largest absolute Gasteiger partial charge is 0.457 e. The van der Waals surface area contributed by atoms with Crippen molar-refractivity contribution in [1.82, 2.24) is 39.6 Å². The Bertz CT molecular complexity index is 2680. The molecule has 71 heavy (non-hydrogen) atoms. The lowest BCUT2D eigenvalue weighted by Gasteiger charge is -2.45. The number of likely N-dealkylation sites (tertiary alicyclic amines) is 2. The number of carbonyl (C=O) groups excluding carboxylic acids is 6. The molecule has 0 bridgehead atoms. The molecule has 5 fully saturated rings. The molecule has 0 aliphatic carbocycles. The molecule has 372 valence electrons. The van der Waals surface area contributed by atoms with Crippen molar-refractivity contribution >= 4 is 47.1 Å². The molecule has 1 aromatic heterocycles. The molecule has 1 unspecified atom stereocenters. The van der Waals surface area contributed by atoms with Gasteiger partial charge in [-0.2, -0.15) is 5.10 Å². The van der Waals surface area contributed by atoms with Crippen molar-refractivity contribution in [3.63, 3.8) is 0 Å². The molecule has 4 aromatic rings. The van der Waals surface area contributed by atoms with Gasteiger partial charge in [0.1, 0.15) is 34.6 Å². The Morgan fingerprint density at radius 1 is 0.704 bits per heavy atom. The van der Waals surface area contributed by atoms with Crippen LogP contribution in [-0.4, -0.2) is 160 Å². The number of para-hydroxylation sites is 1. The lowest BCUT2D eigenvalue weighted by molar-refractivity contribution is -0.136. The van der Waals surface area contributed by atoms with Crippen molar-refractivity contribution in [2.24, 2.45) is 17.6 Å². The first-order chi connectivity index (χ1) is 34.6. The minimum Gasteiger partial charge on any atom is -0.457 e. The van der Waals surface area contributed by atoms with Crippen LogP contribution in [-0.2, 0) is 9.59 Å². The Hall–Kier alpha value is -6.79. The van der Waals surface area contributed by atoms with Gasteiger partial charge in [0.2, 0.25) is 11.8 Å². The van der Waals surface area contributed by atoms with E-state index in [-0.39, 0.29) is 24.9 Å². The van der Waals surface area contributed by atoms with Crippen LogP contribution >= 0.6 is 0 Å². The van der Waals surface area contributed by atoms with E-state index < -0.39 is 35.6 Å². The summed E-state index contributed by atoms with van der Waals surface area (Å²) in [5.74, 6) is 0.697. The van der Waals surface area contributed by atoms with E-state index in [0.29, 0.717) is 46.0 Å². The van der Waals surface area contributed by atoms with Gasteiger partial charge in [0.15, 0.2) is 0 Å². The quantitative estimate of drug-likeness (QED) is 0.180. The summed E-state index contributed by atoms with van der Waals surface area (Å²) in [6, 6.07) is 22.4. The summed E-state index contributed by atoms with van der Waals surface area (Å²) in [6.07, 6.45) is 7.22. The van der Waals surface area contributed by atoms with Crippen LogP contribution in [0.3, 0.4) is 0 Å². The first-order valence-electron chi connectivity index (χ1n) is 25.7. The lowest BCUT2D eigenvalue weighted by Crippen LogP contribution is -2.57. The van der Waals surface area contributed by atoms with Crippen LogP contribution < -0.4 is 26.0 Å². The van der Waals surface area contributed by atoms with Gasteiger partial charge >= 0.3 is 6.03 Å². The fourth-order valence-corrected chi connectivity index (χ4v) is 12.3. The molecule has 7 aliphatic rings. The molecule has 8 heterocycles. The molecule has 5 saturated heterocycles. The predicted octanol–water partition coefficient (Wildman–Crippen LogP) is 5.03. The zero-order valence-electron chi connectivity index (χ0n) is 40.2. The smallest absolute Gasteiger partial charge is 0.320 e. The summed E-state index contributed by atoms with van der Waals surface area (Å²) in [5, 5.41) is 10.8. The molecule has 3 aromatic carbocycles. The second-order valence-electron chi connectivity index (χ2n) is 20.4. The summed E-state index contributed by atoms with van der Waals surface area (Å²) >= 11 is 0. The number of piperidine rings is 4. The van der Waals surface area contributed by atoms with Gasteiger partial charge < -0.3 is 35.4 Å². The fraction of sp³-hybridized carbons (Fsp3) is 0.491. The first kappa shape index (κ1) is 46.6. The predicted molar refractivity (Wildman–Crippen MR) is 265 cm³/mol. The van der Waals surface area contributed by atoms with Crippen LogP contribution in [0.5, 0.6) is 11.5 Å². The van der Waals surface area contributed by atoms with E-state index in [0.717, 1.165) is 151 Å². The van der Waals surface area contributed by atoms with Crippen molar-refractivity contribution in [3.8, 4) is 22.8 Å². The third-order valence-corrected chi connectivity index (χ3v) is 16.2. The number of piperazine rings is 1. The molecule has 7 aliphatic heterocycles. The maximum absolute atomic E-state index is 13.8. The number of rotatable bonds is 10. The molecule has 0 saturated carbocycles. The summed E-state index contributed by atoms with van der Waals surface area (Å²) in [4.78, 5) is 90.0. The monoisotopic (exact) mass is 965 g/mol. The standard InChI is InChI=1S/C53H63N11O7/c54-48(66)46-47(36-6-9-40(10-7-36)71-39-4-2-1-3-5-39)57-64-43(14-21-55-49(46)64)35-17-22-58(23-18-35)33-34-15-24-61(25-16-34)53(70)62-30-28-60(29-31-62)37-19-26-59(27-20-37)38-8-11-41-42(32-38)52(69)63(51(41)68)44-12-13-45(65)56-50(44)67/h1-11,32,34-35,37,43-44,55H,12-31,33H2,(H2,54,66)(H,56,65,67)/t43-,44?/m0/s1. The molecule has 2 atom stereocenters. The average molecular weight is 966 g/mol. The summed E-state index contributed by atoms with van der Waals surface area (Å²) in [5.41, 5.74) is 9.33. The van der Waals surface area contributed by atoms with Crippen LogP contribution in [0, 0.1) is 11.8 Å². The molecule has 4 N–H and O–H groups in total. The highest BCUT2D eigenvalue weighted by Gasteiger charge is 2.45. The highest BCUT2D eigenvalue weighted by Crippen LogP contribution is 2.41. The van der Waals surface area contributed by atoms with E-state index in [1.165, 1.54) is 0 Å². The van der Waals surface area contributed by atoms with Crippen LogP contribution in [0.25, 0.3) is 11.3 Å². The zero-order valence-corrected chi connectivity index (χ0v) is 40.2. The van der Waals surface area contributed by atoms with Gasteiger partial charge in [0.05, 0.1) is 17.2 Å². The van der Waals surface area contributed by atoms with Crippen LogP contribution in [0.1, 0.15) is 94.9 Å². The zero-order chi connectivity index (χ0) is 48.8. The molecular formula is C53H63N11O7. The number of nitrogens with one attached hydrogen (secondary N) is 2. The van der Waals surface area contributed by atoms with E-state index in [1.54, 1.807) is 12.1 Å². The molecule has 18 heteroatoms. The Morgan fingerprint density at radius 2 is 1.39 bits per heavy atom. The van der Waals surface area contributed by atoms with Crippen molar-refractivity contribution in [3.05, 3.63) is 89.5 Å². The Balaban J connectivity index is 0.613. The van der Waals surface area contributed by atoms with Gasteiger partial charge in [0.25, 0.3) is 17.7 Å². The van der Waals surface area contributed by atoms with E-state index in [9.17, 15) is 28.8 Å². The number of benzene rings is 3. The first-order valence-corrected chi connectivity index (χ1v) is 25.7. The maximum atomic E-state index is 13.8. The molecule has 0 spiro atoms. The van der Waals surface area contributed by atoms with Crippen LogP contribution in [0.15, 0.2) is 72.8 Å². The van der Waals surface area contributed by atoms with Crippen LogP contribution in [0.2, 0.25) is 0 Å². The number of primary amides is 1. The number of amides is 7. The highest BCUT2D eigenvalue weighted by molar-refractivity contribution is 6.23. The molecular weight excluding hydrogens is 903 g/mol. The molecule has 0 radical (unpaired) electrons. The van der Waals surface area contributed by atoms with Gasteiger partial charge in [0, 0.05) is 89.2 Å². The minimum atomic E-state index is -0.981. The van der Waals surface area contributed by atoms with E-state index in [4.69, 9.17) is 15.6 Å². The van der Waals surface area contributed by atoms with Gasteiger partial charge in [-0.25, -0.2) is 9.48 Å². The second kappa shape index (κ2) is 19.8. The number of carbonyl (C=O) groups is 6. The van der Waals surface area contributed by atoms with Crippen molar-refractivity contribution < 1.29 is 33.5 Å². The fourth-order valence-electron chi connectivity index (χ4n) is 12.3. The third-order valence-electron chi connectivity index (χ3n) is 16.2. The van der Waals surface area contributed by atoms with Gasteiger partial charge in [-0.15, -0.1) is 0 Å². The Morgan fingerprint density at radius 3 is 2.10 bits per heavy atom. The summed E-state index contributed by atoms with van der Waals surface area (Å²) in [6.45, 7) is 10.2.